The number of benzene rings is 2. The summed E-state index contributed by atoms with van der Waals surface area (Å²) in [7, 11) is 0. The normalized spacial score (nSPS) is 28.3. The van der Waals surface area contributed by atoms with E-state index in [1.807, 2.05) is 62.4 Å². The highest BCUT2D eigenvalue weighted by Crippen LogP contribution is 2.69. The maximum Gasteiger partial charge on any atom is 0.310 e. The van der Waals surface area contributed by atoms with Gasteiger partial charge in [-0.15, -0.1) is 24.9 Å². The molecule has 7 atom stereocenters. The fourth-order valence-corrected chi connectivity index (χ4v) is 9.98. The second-order valence-electron chi connectivity index (χ2n) is 12.5. The van der Waals surface area contributed by atoms with E-state index in [1.165, 1.54) is 0 Å². The Morgan fingerprint density at radius 3 is 2.58 bits per heavy atom. The van der Waals surface area contributed by atoms with Crippen LogP contribution in [0.1, 0.15) is 46.5 Å². The van der Waals surface area contributed by atoms with Crippen LogP contribution < -0.4 is 4.90 Å². The molecule has 8 heteroatoms. The van der Waals surface area contributed by atoms with Crippen LogP contribution in [0.15, 0.2) is 67.8 Å². The van der Waals surface area contributed by atoms with Crippen LogP contribution in [-0.2, 0) is 19.1 Å². The average molecular weight is 605 g/mol. The number of carbonyl (C=O) groups is 3. The molecule has 230 valence electrons. The average Bonchev–Trinajstić information content (AvgIpc) is 3.59. The summed E-state index contributed by atoms with van der Waals surface area (Å²) in [6.07, 6.45) is 6.75. The van der Waals surface area contributed by atoms with Crippen LogP contribution in [-0.4, -0.2) is 69.6 Å². The topological polar surface area (TPSA) is 87.2 Å². The number of esters is 1. The van der Waals surface area contributed by atoms with Crippen molar-refractivity contribution < 1.29 is 24.2 Å². The molecule has 3 aliphatic heterocycles. The molecule has 5 rings (SSSR count). The first-order chi connectivity index (χ1) is 20.7. The standard InChI is InChI=1S/C35H44N2O5S/c1-6-8-9-12-18-42-34(41)29-28-19-23(5)35(43-28)30(29)32(39)37(27(21-38)22(3)4)31(35)33(40)36(17-7-2)26-16-15-24-13-10-11-14-25(24)20-26/h6-7,10-11,13-16,20,22-23,27-31,38H,1-2,8-9,12,17-19,21H2,3-5H3/t23?,27-,28-,29+,30-,31?,35?/m0/s1. The van der Waals surface area contributed by atoms with Crippen LogP contribution in [0.4, 0.5) is 5.69 Å². The van der Waals surface area contributed by atoms with Gasteiger partial charge in [-0.05, 0) is 60.4 Å². The van der Waals surface area contributed by atoms with Gasteiger partial charge in [0.2, 0.25) is 5.91 Å². The maximum absolute atomic E-state index is 15.0. The molecule has 2 amide bonds. The summed E-state index contributed by atoms with van der Waals surface area (Å²) >= 11 is 1.63. The Hall–Kier alpha value is -3.10. The van der Waals surface area contributed by atoms with Crippen LogP contribution >= 0.6 is 11.8 Å². The van der Waals surface area contributed by atoms with E-state index in [-0.39, 0.29) is 48.0 Å². The summed E-state index contributed by atoms with van der Waals surface area (Å²) in [6, 6.07) is 12.5. The third-order valence-corrected chi connectivity index (χ3v) is 11.7. The van der Waals surface area contributed by atoms with Crippen LogP contribution in [0, 0.1) is 23.7 Å². The van der Waals surface area contributed by atoms with Gasteiger partial charge in [-0.25, -0.2) is 0 Å². The van der Waals surface area contributed by atoms with E-state index in [0.29, 0.717) is 6.61 Å². The zero-order valence-electron chi connectivity index (χ0n) is 25.5. The fraction of sp³-hybridized carbons (Fsp3) is 0.514. The minimum Gasteiger partial charge on any atom is -0.465 e. The molecule has 2 aromatic carbocycles. The number of rotatable bonds is 13. The van der Waals surface area contributed by atoms with Gasteiger partial charge in [-0.3, -0.25) is 14.4 Å². The van der Waals surface area contributed by atoms with Gasteiger partial charge in [0.1, 0.15) is 6.04 Å². The van der Waals surface area contributed by atoms with Gasteiger partial charge in [0.25, 0.3) is 5.91 Å². The lowest BCUT2D eigenvalue weighted by Gasteiger charge is -2.42. The van der Waals surface area contributed by atoms with Crippen LogP contribution in [0.2, 0.25) is 0 Å². The van der Waals surface area contributed by atoms with Gasteiger partial charge in [-0.1, -0.05) is 63.3 Å². The molecule has 43 heavy (non-hydrogen) atoms. The van der Waals surface area contributed by atoms with E-state index in [2.05, 4.69) is 20.1 Å². The number of fused-ring (bicyclic) bond motifs is 2. The zero-order valence-corrected chi connectivity index (χ0v) is 26.3. The van der Waals surface area contributed by atoms with Gasteiger partial charge < -0.3 is 19.6 Å². The molecule has 0 radical (unpaired) electrons. The number of likely N-dealkylation sites (tertiary alicyclic amines) is 1. The Morgan fingerprint density at radius 1 is 1.16 bits per heavy atom. The number of anilines is 1. The fourth-order valence-electron chi connectivity index (χ4n) is 7.59. The predicted octanol–water partition coefficient (Wildman–Crippen LogP) is 5.61. The lowest BCUT2D eigenvalue weighted by Crippen LogP contribution is -2.60. The quantitative estimate of drug-likeness (QED) is 0.182. The van der Waals surface area contributed by atoms with Crippen molar-refractivity contribution in [3.05, 3.63) is 67.8 Å². The molecular formula is C35H44N2O5S. The summed E-state index contributed by atoms with van der Waals surface area (Å²) in [5, 5.41) is 12.5. The van der Waals surface area contributed by atoms with E-state index in [0.717, 1.165) is 42.1 Å². The SMILES string of the molecule is C=CCCCCOC(=O)[C@@H]1[C@@H]2CC(C)C3(S2)C(C(=O)N(CC=C)c2ccc4ccccc4c2)N([C@@H](CO)C(C)C)C(=O)[C@H]13. The molecule has 3 unspecified atom stereocenters. The monoisotopic (exact) mass is 604 g/mol. The number of aliphatic hydroxyl groups is 1. The highest BCUT2D eigenvalue weighted by atomic mass is 32.2. The smallest absolute Gasteiger partial charge is 0.310 e. The van der Waals surface area contributed by atoms with Crippen molar-refractivity contribution in [2.45, 2.75) is 68.5 Å². The number of allylic oxidation sites excluding steroid dienone is 1. The number of ether oxygens (including phenoxy) is 1. The number of aliphatic hydroxyl groups excluding tert-OH is 1. The Balaban J connectivity index is 1.56. The van der Waals surface area contributed by atoms with Gasteiger partial charge >= 0.3 is 5.97 Å². The first-order valence-electron chi connectivity index (χ1n) is 15.5. The van der Waals surface area contributed by atoms with E-state index in [4.69, 9.17) is 4.74 Å². The number of amides is 2. The first kappa shape index (κ1) is 31.3. The second kappa shape index (κ2) is 12.9. The largest absolute Gasteiger partial charge is 0.465 e. The number of carbonyl (C=O) groups excluding carboxylic acids is 3. The molecule has 3 saturated heterocycles. The molecule has 3 aliphatic rings. The molecule has 2 bridgehead atoms. The van der Waals surface area contributed by atoms with Gasteiger partial charge in [0.05, 0.1) is 35.8 Å². The molecule has 3 fully saturated rings. The van der Waals surface area contributed by atoms with Gasteiger partial charge in [-0.2, -0.15) is 0 Å². The van der Waals surface area contributed by atoms with Crippen molar-refractivity contribution in [1.82, 2.24) is 4.90 Å². The Bertz CT molecular complexity index is 1390. The molecule has 0 saturated carbocycles. The second-order valence-corrected chi connectivity index (χ2v) is 14.1. The molecule has 0 aliphatic carbocycles. The Morgan fingerprint density at radius 2 is 1.91 bits per heavy atom. The molecule has 1 spiro atoms. The highest BCUT2D eigenvalue weighted by Gasteiger charge is 2.77. The van der Waals surface area contributed by atoms with Gasteiger partial charge in [0.15, 0.2) is 0 Å². The first-order valence-corrected chi connectivity index (χ1v) is 16.4. The molecule has 2 aromatic rings. The van der Waals surface area contributed by atoms with Crippen LogP contribution in [0.3, 0.4) is 0 Å². The summed E-state index contributed by atoms with van der Waals surface area (Å²) in [4.78, 5) is 46.5. The minimum atomic E-state index is -0.841. The van der Waals surface area contributed by atoms with Crippen molar-refractivity contribution in [3.8, 4) is 0 Å². The lowest BCUT2D eigenvalue weighted by molar-refractivity contribution is -0.155. The number of hydrogen-bond acceptors (Lipinski definition) is 6. The van der Waals surface area contributed by atoms with E-state index < -0.39 is 28.7 Å². The van der Waals surface area contributed by atoms with E-state index >= 15 is 0 Å². The number of hydrogen-bond donors (Lipinski definition) is 1. The van der Waals surface area contributed by atoms with Crippen molar-refractivity contribution >= 4 is 46.0 Å². The predicted molar refractivity (Wildman–Crippen MR) is 173 cm³/mol. The molecular weight excluding hydrogens is 560 g/mol. The lowest BCUT2D eigenvalue weighted by atomic mass is 9.66. The van der Waals surface area contributed by atoms with Crippen molar-refractivity contribution in [3.63, 3.8) is 0 Å². The summed E-state index contributed by atoms with van der Waals surface area (Å²) in [5.74, 6) is -2.16. The molecule has 7 nitrogen and oxygen atoms in total. The van der Waals surface area contributed by atoms with Crippen LogP contribution in [0.25, 0.3) is 10.8 Å². The number of nitrogens with zero attached hydrogens (tertiary/aromatic N) is 2. The van der Waals surface area contributed by atoms with Crippen molar-refractivity contribution in [2.24, 2.45) is 23.7 Å². The van der Waals surface area contributed by atoms with Gasteiger partial charge in [0, 0.05) is 17.5 Å². The third-order valence-electron chi connectivity index (χ3n) is 9.67. The summed E-state index contributed by atoms with van der Waals surface area (Å²) < 4.78 is 4.96. The number of thioether (sulfide) groups is 1. The zero-order chi connectivity index (χ0) is 30.9. The summed E-state index contributed by atoms with van der Waals surface area (Å²) in [6.45, 7) is 14.0. The highest BCUT2D eigenvalue weighted by molar-refractivity contribution is 8.02. The molecule has 1 N–H and O–H groups in total. The van der Waals surface area contributed by atoms with E-state index in [1.54, 1.807) is 27.6 Å². The van der Waals surface area contributed by atoms with Crippen molar-refractivity contribution in [1.29, 1.82) is 0 Å². The minimum absolute atomic E-state index is 0.0146. The molecule has 3 heterocycles. The van der Waals surface area contributed by atoms with Crippen LogP contribution in [0.5, 0.6) is 0 Å². The van der Waals surface area contributed by atoms with Crippen molar-refractivity contribution in [2.75, 3.05) is 24.7 Å². The maximum atomic E-state index is 15.0. The summed E-state index contributed by atoms with van der Waals surface area (Å²) in [5.41, 5.74) is 0.724. The Kier molecular flexibility index (Phi) is 9.37. The third kappa shape index (κ3) is 5.31. The van der Waals surface area contributed by atoms with E-state index in [9.17, 15) is 19.5 Å². The number of unbranched alkanes of at least 4 members (excludes halogenated alkanes) is 2. The molecule has 0 aromatic heterocycles. The Labute approximate surface area is 259 Å².